The quantitative estimate of drug-likeness (QED) is 0.560. The predicted octanol–water partition coefficient (Wildman–Crippen LogP) is 3.61. The molecule has 0 aliphatic heterocycles. The number of ether oxygens (including phenoxy) is 2. The number of anilines is 1. The van der Waals surface area contributed by atoms with Crippen molar-refractivity contribution >= 4 is 49.4 Å². The Morgan fingerprint density at radius 3 is 2.46 bits per heavy atom. The number of nitrogens with one attached hydrogen (secondary N) is 2. The van der Waals surface area contributed by atoms with Gasteiger partial charge in [0, 0.05) is 29.4 Å². The zero-order valence-electron chi connectivity index (χ0n) is 14.1. The Morgan fingerprint density at radius 1 is 1.08 bits per heavy atom. The van der Waals surface area contributed by atoms with Crippen LogP contribution in [0.4, 0.5) is 5.69 Å². The lowest BCUT2D eigenvalue weighted by Crippen LogP contribution is -2.26. The molecule has 0 unspecified atom stereocenters. The molecule has 2 rings (SSSR count). The molecule has 2 aromatic carbocycles. The maximum atomic E-state index is 12.0. The summed E-state index contributed by atoms with van der Waals surface area (Å²) < 4.78 is 12.0. The molecular formula is C18H18Br2N2O4. The highest BCUT2D eigenvalue weighted by Crippen LogP contribution is 2.28. The van der Waals surface area contributed by atoms with E-state index in [1.807, 2.05) is 12.1 Å². The summed E-state index contributed by atoms with van der Waals surface area (Å²) in [6.45, 7) is 0.768. The van der Waals surface area contributed by atoms with Gasteiger partial charge in [-0.1, -0.05) is 15.9 Å². The van der Waals surface area contributed by atoms with Gasteiger partial charge in [-0.25, -0.2) is 0 Å². The van der Waals surface area contributed by atoms with Crippen molar-refractivity contribution in [1.82, 2.24) is 5.32 Å². The average Bonchev–Trinajstić information content (AvgIpc) is 2.61. The monoisotopic (exact) mass is 484 g/mol. The van der Waals surface area contributed by atoms with Crippen LogP contribution in [0.5, 0.6) is 5.75 Å². The van der Waals surface area contributed by atoms with Crippen LogP contribution in [0.25, 0.3) is 0 Å². The van der Waals surface area contributed by atoms with Crippen LogP contribution in [0.3, 0.4) is 0 Å². The average molecular weight is 486 g/mol. The largest absolute Gasteiger partial charge is 0.483 e. The van der Waals surface area contributed by atoms with E-state index in [0.717, 1.165) is 8.95 Å². The Morgan fingerprint density at radius 2 is 1.81 bits per heavy atom. The van der Waals surface area contributed by atoms with Crippen LogP contribution in [-0.2, 0) is 9.53 Å². The van der Waals surface area contributed by atoms with Gasteiger partial charge < -0.3 is 20.1 Å². The van der Waals surface area contributed by atoms with Gasteiger partial charge in [0.15, 0.2) is 6.61 Å². The van der Waals surface area contributed by atoms with Gasteiger partial charge in [-0.15, -0.1) is 0 Å². The van der Waals surface area contributed by atoms with E-state index in [9.17, 15) is 9.59 Å². The number of hydrogen-bond donors (Lipinski definition) is 2. The number of benzene rings is 2. The van der Waals surface area contributed by atoms with Crippen LogP contribution in [0, 0.1) is 0 Å². The molecular weight excluding hydrogens is 468 g/mol. The standard InChI is InChI=1S/C18H18Br2N2O4/c1-25-9-8-21-18(24)12-2-5-14(6-3-12)22-17(23)11-26-16-7-4-13(19)10-15(16)20/h2-7,10H,8-9,11H2,1H3,(H,21,24)(H,22,23). The molecule has 0 heterocycles. The molecule has 0 atom stereocenters. The molecule has 0 aromatic heterocycles. The lowest BCUT2D eigenvalue weighted by molar-refractivity contribution is -0.118. The van der Waals surface area contributed by atoms with Crippen molar-refractivity contribution in [2.45, 2.75) is 0 Å². The second kappa shape index (κ2) is 10.3. The number of hydrogen-bond acceptors (Lipinski definition) is 4. The molecule has 0 bridgehead atoms. The van der Waals surface area contributed by atoms with Gasteiger partial charge in [0.05, 0.1) is 11.1 Å². The van der Waals surface area contributed by atoms with Crippen molar-refractivity contribution in [3.8, 4) is 5.75 Å². The minimum atomic E-state index is -0.294. The normalized spacial score (nSPS) is 10.3. The fraction of sp³-hybridized carbons (Fsp3) is 0.222. The van der Waals surface area contributed by atoms with E-state index in [4.69, 9.17) is 9.47 Å². The summed E-state index contributed by atoms with van der Waals surface area (Å²) in [5, 5.41) is 5.45. The van der Waals surface area contributed by atoms with Crippen molar-refractivity contribution in [2.75, 3.05) is 32.2 Å². The first-order valence-corrected chi connectivity index (χ1v) is 9.33. The van der Waals surface area contributed by atoms with E-state index in [1.54, 1.807) is 37.4 Å². The molecule has 0 saturated carbocycles. The molecule has 2 N–H and O–H groups in total. The zero-order chi connectivity index (χ0) is 18.9. The fourth-order valence-electron chi connectivity index (χ4n) is 2.01. The summed E-state index contributed by atoms with van der Waals surface area (Å²) in [7, 11) is 1.57. The molecule has 0 spiro atoms. The Hall–Kier alpha value is -1.90. The van der Waals surface area contributed by atoms with Crippen molar-refractivity contribution in [3.05, 3.63) is 57.0 Å². The summed E-state index contributed by atoms with van der Waals surface area (Å²) in [6, 6.07) is 12.0. The van der Waals surface area contributed by atoms with E-state index < -0.39 is 0 Å². The molecule has 2 aromatic rings. The van der Waals surface area contributed by atoms with Gasteiger partial charge in [0.1, 0.15) is 5.75 Å². The lowest BCUT2D eigenvalue weighted by atomic mass is 10.2. The Kier molecular flexibility index (Phi) is 8.08. The molecule has 2 amide bonds. The van der Waals surface area contributed by atoms with Gasteiger partial charge in [-0.05, 0) is 58.4 Å². The van der Waals surface area contributed by atoms with Crippen LogP contribution in [0.2, 0.25) is 0 Å². The summed E-state index contributed by atoms with van der Waals surface area (Å²) in [5.41, 5.74) is 1.09. The fourth-order valence-corrected chi connectivity index (χ4v) is 3.17. The lowest BCUT2D eigenvalue weighted by Gasteiger charge is -2.10. The molecule has 6 nitrogen and oxygen atoms in total. The molecule has 0 aliphatic carbocycles. The van der Waals surface area contributed by atoms with Crippen molar-refractivity contribution < 1.29 is 19.1 Å². The molecule has 26 heavy (non-hydrogen) atoms. The number of carbonyl (C=O) groups excluding carboxylic acids is 2. The summed E-state index contributed by atoms with van der Waals surface area (Å²) in [6.07, 6.45) is 0. The van der Waals surface area contributed by atoms with Gasteiger partial charge in [0.2, 0.25) is 0 Å². The molecule has 0 aliphatic rings. The Bertz CT molecular complexity index is 766. The van der Waals surface area contributed by atoms with E-state index in [2.05, 4.69) is 42.5 Å². The van der Waals surface area contributed by atoms with Gasteiger partial charge in [0.25, 0.3) is 11.8 Å². The highest BCUT2D eigenvalue weighted by atomic mass is 79.9. The molecule has 8 heteroatoms. The van der Waals surface area contributed by atoms with Gasteiger partial charge in [-0.2, -0.15) is 0 Å². The second-order valence-electron chi connectivity index (χ2n) is 5.24. The summed E-state index contributed by atoms with van der Waals surface area (Å²) in [5.74, 6) is 0.0897. The highest BCUT2D eigenvalue weighted by Gasteiger charge is 2.08. The number of rotatable bonds is 8. The number of methoxy groups -OCH3 is 1. The minimum Gasteiger partial charge on any atom is -0.483 e. The van der Waals surface area contributed by atoms with Crippen LogP contribution < -0.4 is 15.4 Å². The highest BCUT2D eigenvalue weighted by molar-refractivity contribution is 9.11. The summed E-state index contributed by atoms with van der Waals surface area (Å²) >= 11 is 6.73. The molecule has 0 radical (unpaired) electrons. The van der Waals surface area contributed by atoms with Gasteiger partial charge in [-0.3, -0.25) is 9.59 Å². The van der Waals surface area contributed by atoms with Crippen LogP contribution in [0.15, 0.2) is 51.4 Å². The predicted molar refractivity (Wildman–Crippen MR) is 107 cm³/mol. The van der Waals surface area contributed by atoms with Gasteiger partial charge >= 0.3 is 0 Å². The van der Waals surface area contributed by atoms with Crippen LogP contribution >= 0.6 is 31.9 Å². The molecule has 0 saturated heterocycles. The van der Waals surface area contributed by atoms with Crippen molar-refractivity contribution in [2.24, 2.45) is 0 Å². The van der Waals surface area contributed by atoms with Crippen molar-refractivity contribution in [3.63, 3.8) is 0 Å². The first-order chi connectivity index (χ1) is 12.5. The first-order valence-electron chi connectivity index (χ1n) is 7.74. The molecule has 0 fully saturated rings. The topological polar surface area (TPSA) is 76.7 Å². The number of carbonyl (C=O) groups is 2. The maximum absolute atomic E-state index is 12.0. The smallest absolute Gasteiger partial charge is 0.262 e. The van der Waals surface area contributed by atoms with Crippen molar-refractivity contribution in [1.29, 1.82) is 0 Å². The van der Waals surface area contributed by atoms with E-state index >= 15 is 0 Å². The summed E-state index contributed by atoms with van der Waals surface area (Å²) in [4.78, 5) is 23.9. The number of amides is 2. The third-order valence-electron chi connectivity index (χ3n) is 3.28. The maximum Gasteiger partial charge on any atom is 0.262 e. The third-order valence-corrected chi connectivity index (χ3v) is 4.39. The van der Waals surface area contributed by atoms with E-state index in [-0.39, 0.29) is 18.4 Å². The first kappa shape index (κ1) is 20.4. The third kappa shape index (κ3) is 6.44. The van der Waals surface area contributed by atoms with Crippen LogP contribution in [-0.4, -0.2) is 38.7 Å². The Labute approximate surface area is 168 Å². The van der Waals surface area contributed by atoms with Crippen LogP contribution in [0.1, 0.15) is 10.4 Å². The zero-order valence-corrected chi connectivity index (χ0v) is 17.2. The minimum absolute atomic E-state index is 0.126. The van der Waals surface area contributed by atoms with E-state index in [1.165, 1.54) is 0 Å². The number of halogens is 2. The second-order valence-corrected chi connectivity index (χ2v) is 7.01. The van der Waals surface area contributed by atoms with E-state index in [0.29, 0.717) is 30.2 Å². The Balaban J connectivity index is 1.84. The SMILES string of the molecule is COCCNC(=O)c1ccc(NC(=O)COc2ccc(Br)cc2Br)cc1. The molecule has 138 valence electrons.